The number of aryl methyl sites for hydroxylation is 1. The third kappa shape index (κ3) is 3.97. The molecule has 0 bridgehead atoms. The Morgan fingerprint density at radius 3 is 2.45 bits per heavy atom. The standard InChI is InChI=1S/C21H23N3O4S/c1-5-12-8-6-7-9-14(12)23-21-24-20(22)19(29-21)16(25)13-10-11-15(26-2)18(28-4)17(13)27-3/h6-11H,5,22H2,1-4H3,(H,23,24). The van der Waals surface area contributed by atoms with Gasteiger partial charge < -0.3 is 25.3 Å². The molecule has 0 fully saturated rings. The zero-order valence-corrected chi connectivity index (χ0v) is 17.6. The molecule has 1 heterocycles. The Kier molecular flexibility index (Phi) is 6.23. The smallest absolute Gasteiger partial charge is 0.210 e. The Bertz CT molecular complexity index is 1030. The summed E-state index contributed by atoms with van der Waals surface area (Å²) in [6, 6.07) is 11.2. The molecular weight excluding hydrogens is 390 g/mol. The monoisotopic (exact) mass is 413 g/mol. The van der Waals surface area contributed by atoms with E-state index < -0.39 is 0 Å². The summed E-state index contributed by atoms with van der Waals surface area (Å²) in [5.74, 6) is 0.967. The van der Waals surface area contributed by atoms with Crippen LogP contribution >= 0.6 is 11.3 Å². The Hall–Kier alpha value is -3.26. The fourth-order valence-corrected chi connectivity index (χ4v) is 3.87. The number of methoxy groups -OCH3 is 3. The summed E-state index contributed by atoms with van der Waals surface area (Å²) in [6.45, 7) is 2.08. The number of ether oxygens (including phenoxy) is 3. The fraction of sp³-hybridized carbons (Fsp3) is 0.238. The molecule has 0 spiro atoms. The normalized spacial score (nSPS) is 10.5. The summed E-state index contributed by atoms with van der Waals surface area (Å²) < 4.78 is 16.1. The van der Waals surface area contributed by atoms with E-state index >= 15 is 0 Å². The highest BCUT2D eigenvalue weighted by atomic mass is 32.1. The Morgan fingerprint density at radius 1 is 1.07 bits per heavy atom. The van der Waals surface area contributed by atoms with Crippen LogP contribution in [0.1, 0.15) is 27.7 Å². The molecule has 3 aromatic rings. The first kappa shape index (κ1) is 20.5. The molecule has 0 atom stereocenters. The molecular formula is C21H23N3O4S. The van der Waals surface area contributed by atoms with E-state index in [0.717, 1.165) is 17.7 Å². The van der Waals surface area contributed by atoms with Gasteiger partial charge in [0.05, 0.1) is 26.9 Å². The molecule has 0 saturated carbocycles. The maximum atomic E-state index is 13.2. The number of nitrogens with two attached hydrogens (primary N) is 1. The summed E-state index contributed by atoms with van der Waals surface area (Å²) in [5.41, 5.74) is 8.47. The number of hydrogen-bond acceptors (Lipinski definition) is 8. The van der Waals surface area contributed by atoms with Gasteiger partial charge in [-0.25, -0.2) is 4.98 Å². The molecule has 0 aliphatic carbocycles. The number of rotatable bonds is 8. The van der Waals surface area contributed by atoms with E-state index in [1.54, 1.807) is 12.1 Å². The molecule has 3 rings (SSSR count). The zero-order chi connectivity index (χ0) is 21.0. The van der Waals surface area contributed by atoms with Crippen molar-refractivity contribution in [1.29, 1.82) is 0 Å². The van der Waals surface area contributed by atoms with Crippen molar-refractivity contribution in [3.05, 3.63) is 52.4 Å². The van der Waals surface area contributed by atoms with E-state index in [-0.39, 0.29) is 17.4 Å². The molecule has 152 valence electrons. The van der Waals surface area contributed by atoms with Crippen molar-refractivity contribution in [2.45, 2.75) is 13.3 Å². The number of aromatic nitrogens is 1. The minimum atomic E-state index is -0.297. The van der Waals surface area contributed by atoms with Crippen molar-refractivity contribution in [2.24, 2.45) is 0 Å². The van der Waals surface area contributed by atoms with E-state index in [0.29, 0.717) is 27.1 Å². The Morgan fingerprint density at radius 2 is 1.79 bits per heavy atom. The van der Waals surface area contributed by atoms with Gasteiger partial charge in [0.1, 0.15) is 10.7 Å². The largest absolute Gasteiger partial charge is 0.493 e. The van der Waals surface area contributed by atoms with Crippen LogP contribution in [0.2, 0.25) is 0 Å². The molecule has 8 heteroatoms. The molecule has 0 aliphatic rings. The third-order valence-corrected chi connectivity index (χ3v) is 5.43. The predicted molar refractivity (Wildman–Crippen MR) is 115 cm³/mol. The topological polar surface area (TPSA) is 95.7 Å². The van der Waals surface area contributed by atoms with Crippen molar-refractivity contribution in [2.75, 3.05) is 32.4 Å². The number of nitrogen functional groups attached to an aromatic ring is 1. The van der Waals surface area contributed by atoms with E-state index in [9.17, 15) is 4.79 Å². The maximum absolute atomic E-state index is 13.2. The highest BCUT2D eigenvalue weighted by Gasteiger charge is 2.25. The van der Waals surface area contributed by atoms with E-state index in [2.05, 4.69) is 17.2 Å². The minimum absolute atomic E-state index is 0.160. The van der Waals surface area contributed by atoms with Gasteiger partial charge in [0, 0.05) is 5.69 Å². The van der Waals surface area contributed by atoms with Crippen LogP contribution in [0.25, 0.3) is 0 Å². The van der Waals surface area contributed by atoms with Crippen molar-refractivity contribution < 1.29 is 19.0 Å². The van der Waals surface area contributed by atoms with E-state index in [1.165, 1.54) is 32.7 Å². The van der Waals surface area contributed by atoms with E-state index in [1.807, 2.05) is 24.3 Å². The zero-order valence-electron chi connectivity index (χ0n) is 16.7. The lowest BCUT2D eigenvalue weighted by Crippen LogP contribution is -2.06. The lowest BCUT2D eigenvalue weighted by Gasteiger charge is -2.14. The van der Waals surface area contributed by atoms with Gasteiger partial charge >= 0.3 is 0 Å². The minimum Gasteiger partial charge on any atom is -0.493 e. The van der Waals surface area contributed by atoms with Crippen LogP contribution in [0.15, 0.2) is 36.4 Å². The van der Waals surface area contributed by atoms with Crippen molar-refractivity contribution in [3.63, 3.8) is 0 Å². The molecule has 29 heavy (non-hydrogen) atoms. The summed E-state index contributed by atoms with van der Waals surface area (Å²) >= 11 is 1.19. The van der Waals surface area contributed by atoms with Crippen LogP contribution in [0.4, 0.5) is 16.6 Å². The number of benzene rings is 2. The molecule has 0 amide bonds. The van der Waals surface area contributed by atoms with Gasteiger partial charge in [-0.05, 0) is 30.2 Å². The molecule has 0 radical (unpaired) electrons. The van der Waals surface area contributed by atoms with Crippen LogP contribution in [-0.4, -0.2) is 32.1 Å². The summed E-state index contributed by atoms with van der Waals surface area (Å²) in [5, 5.41) is 3.81. The van der Waals surface area contributed by atoms with Gasteiger partial charge in [0.25, 0.3) is 0 Å². The first-order valence-electron chi connectivity index (χ1n) is 8.98. The molecule has 0 saturated heterocycles. The number of carbonyl (C=O) groups excluding carboxylic acids is 1. The Labute approximate surface area is 173 Å². The lowest BCUT2D eigenvalue weighted by molar-refractivity contribution is 0.103. The van der Waals surface area contributed by atoms with Gasteiger partial charge in [0.15, 0.2) is 16.6 Å². The van der Waals surface area contributed by atoms with Gasteiger partial charge in [-0.2, -0.15) is 0 Å². The number of hydrogen-bond donors (Lipinski definition) is 2. The van der Waals surface area contributed by atoms with Crippen molar-refractivity contribution >= 4 is 33.8 Å². The molecule has 1 aromatic heterocycles. The van der Waals surface area contributed by atoms with Gasteiger partial charge in [0.2, 0.25) is 11.5 Å². The SMILES string of the molecule is CCc1ccccc1Nc1nc(N)c(C(=O)c2ccc(OC)c(OC)c2OC)s1. The highest BCUT2D eigenvalue weighted by molar-refractivity contribution is 7.18. The summed E-state index contributed by atoms with van der Waals surface area (Å²) in [7, 11) is 4.48. The number of para-hydroxylation sites is 1. The molecule has 0 unspecified atom stereocenters. The first-order chi connectivity index (χ1) is 14.0. The Balaban J connectivity index is 1.97. The average Bonchev–Trinajstić information content (AvgIpc) is 3.12. The molecule has 7 nitrogen and oxygen atoms in total. The average molecular weight is 413 g/mol. The molecule has 3 N–H and O–H groups in total. The summed E-state index contributed by atoms with van der Waals surface area (Å²) in [4.78, 5) is 17.8. The second-order valence-electron chi connectivity index (χ2n) is 6.08. The van der Waals surface area contributed by atoms with Crippen LogP contribution in [0, 0.1) is 0 Å². The van der Waals surface area contributed by atoms with Crippen LogP contribution in [0.3, 0.4) is 0 Å². The summed E-state index contributed by atoms with van der Waals surface area (Å²) in [6.07, 6.45) is 0.874. The highest BCUT2D eigenvalue weighted by Crippen LogP contribution is 2.41. The number of anilines is 3. The molecule has 0 aliphatic heterocycles. The second-order valence-corrected chi connectivity index (χ2v) is 7.08. The number of carbonyl (C=O) groups is 1. The van der Waals surface area contributed by atoms with Gasteiger partial charge in [-0.3, -0.25) is 4.79 Å². The van der Waals surface area contributed by atoms with Crippen LogP contribution < -0.4 is 25.3 Å². The number of nitrogens with zero attached hydrogens (tertiary/aromatic N) is 1. The van der Waals surface area contributed by atoms with Gasteiger partial charge in [-0.15, -0.1) is 0 Å². The second kappa shape index (κ2) is 8.83. The van der Waals surface area contributed by atoms with Gasteiger partial charge in [-0.1, -0.05) is 36.5 Å². The van der Waals surface area contributed by atoms with Crippen molar-refractivity contribution in [3.8, 4) is 17.2 Å². The number of ketones is 1. The third-order valence-electron chi connectivity index (χ3n) is 4.45. The predicted octanol–water partition coefficient (Wildman–Crippen LogP) is 4.29. The molecule has 2 aromatic carbocycles. The van der Waals surface area contributed by atoms with Crippen LogP contribution in [0.5, 0.6) is 17.2 Å². The van der Waals surface area contributed by atoms with Crippen LogP contribution in [-0.2, 0) is 6.42 Å². The van der Waals surface area contributed by atoms with Crippen molar-refractivity contribution in [1.82, 2.24) is 4.98 Å². The first-order valence-corrected chi connectivity index (χ1v) is 9.80. The maximum Gasteiger partial charge on any atom is 0.210 e. The number of thiazole rings is 1. The quantitative estimate of drug-likeness (QED) is 0.532. The number of nitrogens with one attached hydrogen (secondary N) is 1. The van der Waals surface area contributed by atoms with E-state index in [4.69, 9.17) is 19.9 Å². The fourth-order valence-electron chi connectivity index (χ4n) is 3.02. The lowest BCUT2D eigenvalue weighted by atomic mass is 10.1.